The molecule has 4 aromatic rings. The number of aromatic nitrogens is 4. The zero-order valence-corrected chi connectivity index (χ0v) is 20.6. The van der Waals surface area contributed by atoms with Gasteiger partial charge in [-0.1, -0.05) is 6.07 Å². The minimum atomic E-state index is -1.43. The first-order valence-electron chi connectivity index (χ1n) is 11.2. The topological polar surface area (TPSA) is 115 Å². The van der Waals surface area contributed by atoms with E-state index < -0.39 is 5.97 Å². The van der Waals surface area contributed by atoms with Crippen LogP contribution < -0.4 is 18.9 Å². The van der Waals surface area contributed by atoms with Crippen LogP contribution >= 0.6 is 0 Å². The fourth-order valence-corrected chi connectivity index (χ4v) is 4.28. The van der Waals surface area contributed by atoms with Gasteiger partial charge in [-0.15, -0.1) is 0 Å². The van der Waals surface area contributed by atoms with E-state index in [4.69, 9.17) is 38.4 Å². The summed E-state index contributed by atoms with van der Waals surface area (Å²) >= 11 is 0. The normalized spacial score (nSPS) is 14.0. The second-order valence-corrected chi connectivity index (χ2v) is 7.85. The van der Waals surface area contributed by atoms with Gasteiger partial charge in [0.1, 0.15) is 12.7 Å². The van der Waals surface area contributed by atoms with Gasteiger partial charge in [-0.2, -0.15) is 14.9 Å². The summed E-state index contributed by atoms with van der Waals surface area (Å²) in [7, 11) is 6.35. The highest BCUT2D eigenvalue weighted by Gasteiger charge is 2.56. The quantitative estimate of drug-likeness (QED) is 0.239. The molecule has 2 aromatic carbocycles. The van der Waals surface area contributed by atoms with Crippen LogP contribution in [0.5, 0.6) is 23.0 Å². The molecule has 36 heavy (non-hydrogen) atoms. The molecule has 11 heteroatoms. The first-order valence-corrected chi connectivity index (χ1v) is 11.2. The number of nitrogens with zero attached hydrogens (tertiary/aromatic N) is 4. The fourth-order valence-electron chi connectivity index (χ4n) is 4.28. The molecule has 1 aliphatic rings. The van der Waals surface area contributed by atoms with Gasteiger partial charge in [0.2, 0.25) is 0 Å². The van der Waals surface area contributed by atoms with E-state index in [2.05, 4.69) is 10.1 Å². The molecule has 2 aromatic heterocycles. The lowest BCUT2D eigenvalue weighted by atomic mass is 9.92. The lowest BCUT2D eigenvalue weighted by Gasteiger charge is -2.21. The van der Waals surface area contributed by atoms with Crippen LogP contribution in [0.3, 0.4) is 0 Å². The van der Waals surface area contributed by atoms with E-state index >= 15 is 0 Å². The van der Waals surface area contributed by atoms with Crippen LogP contribution in [0.25, 0.3) is 22.0 Å². The number of methoxy groups -OCH3 is 4. The summed E-state index contributed by atoms with van der Waals surface area (Å²) < 4.78 is 29.8. The lowest BCUT2D eigenvalue weighted by molar-refractivity contribution is -0.0539. The molecule has 1 aliphatic heterocycles. The molecular formula is C25H26N4O7. The van der Waals surface area contributed by atoms with Gasteiger partial charge in [-0.25, -0.2) is 9.67 Å². The molecule has 0 spiro atoms. The van der Waals surface area contributed by atoms with Crippen molar-refractivity contribution in [2.24, 2.45) is 0 Å². The summed E-state index contributed by atoms with van der Waals surface area (Å²) in [6.07, 6.45) is 3.08. The summed E-state index contributed by atoms with van der Waals surface area (Å²) in [4.78, 5) is 20.0. The minimum Gasteiger partial charge on any atom is -0.493 e. The van der Waals surface area contributed by atoms with Gasteiger partial charge in [0.15, 0.2) is 23.0 Å². The summed E-state index contributed by atoms with van der Waals surface area (Å²) in [5.41, 5.74) is 3.47. The number of ether oxygens (including phenoxy) is 5. The third-order valence-electron chi connectivity index (χ3n) is 5.89. The zero-order valence-electron chi connectivity index (χ0n) is 20.6. The smallest absolute Gasteiger partial charge is 0.369 e. The van der Waals surface area contributed by atoms with Crippen molar-refractivity contribution in [2.45, 2.75) is 19.4 Å². The highest BCUT2D eigenvalue weighted by Crippen LogP contribution is 2.51. The Morgan fingerprint density at radius 1 is 0.889 bits per heavy atom. The molecule has 0 atom stereocenters. The van der Waals surface area contributed by atoms with E-state index in [1.165, 1.54) is 6.33 Å². The number of benzene rings is 2. The van der Waals surface area contributed by atoms with Crippen molar-refractivity contribution in [1.29, 1.82) is 0 Å². The zero-order chi connectivity index (χ0) is 25.3. The average Bonchev–Trinajstić information content (AvgIpc) is 3.50. The minimum absolute atomic E-state index is 0.293. The number of hydrogen-bond acceptors (Lipinski definition) is 10. The number of fused-ring (bicyclic) bond motifs is 1. The molecule has 0 amide bonds. The van der Waals surface area contributed by atoms with Gasteiger partial charge in [0, 0.05) is 17.0 Å². The monoisotopic (exact) mass is 494 g/mol. The summed E-state index contributed by atoms with van der Waals surface area (Å²) in [6.45, 7) is 2.50. The van der Waals surface area contributed by atoms with E-state index in [1.54, 1.807) is 39.4 Å². The van der Waals surface area contributed by atoms with Gasteiger partial charge < -0.3 is 23.7 Å². The van der Waals surface area contributed by atoms with Gasteiger partial charge >= 0.3 is 5.97 Å². The molecular weight excluding hydrogens is 468 g/mol. The van der Waals surface area contributed by atoms with Crippen LogP contribution in [-0.2, 0) is 27.0 Å². The van der Waals surface area contributed by atoms with Crippen LogP contribution in [0, 0.1) is 0 Å². The molecule has 0 aliphatic carbocycles. The van der Waals surface area contributed by atoms with E-state index in [1.807, 2.05) is 37.3 Å². The van der Waals surface area contributed by atoms with E-state index in [0.717, 1.165) is 16.5 Å². The van der Waals surface area contributed by atoms with Gasteiger partial charge in [0.05, 0.1) is 58.4 Å². The van der Waals surface area contributed by atoms with Crippen molar-refractivity contribution in [3.05, 3.63) is 54.2 Å². The Labute approximate surface area is 207 Å². The number of rotatable bonds is 10. The molecule has 0 saturated carbocycles. The van der Waals surface area contributed by atoms with Crippen LogP contribution in [0.15, 0.2) is 43.0 Å². The highest BCUT2D eigenvalue weighted by molar-refractivity contribution is 5.99. The lowest BCUT2D eigenvalue weighted by Crippen LogP contribution is -2.20. The Bertz CT molecular complexity index is 1390. The van der Waals surface area contributed by atoms with Crippen LogP contribution in [0.1, 0.15) is 18.2 Å². The molecule has 11 nitrogen and oxygen atoms in total. The maximum Gasteiger partial charge on any atom is 0.369 e. The molecule has 0 unspecified atom stereocenters. The Morgan fingerprint density at radius 2 is 1.58 bits per heavy atom. The fraction of sp³-hybridized carbons (Fsp3) is 0.320. The molecule has 188 valence electrons. The summed E-state index contributed by atoms with van der Waals surface area (Å²) in [6, 6.07) is 9.35. The predicted octanol–water partition coefficient (Wildman–Crippen LogP) is 3.68. The highest BCUT2D eigenvalue weighted by atomic mass is 17.4. The average molecular weight is 495 g/mol. The molecule has 0 radical (unpaired) electrons. The SMILES string of the molecule is CCOC1(c2c(Cn3cncn3)nc3cc(OC)c(OC)cc3c2-c2ccc(OC)c(OC)c2)OO1. The Kier molecular flexibility index (Phi) is 6.35. The van der Waals surface area contributed by atoms with Crippen LogP contribution in [-0.4, -0.2) is 54.8 Å². The molecule has 1 saturated heterocycles. The van der Waals surface area contributed by atoms with Crippen molar-refractivity contribution in [3.8, 4) is 34.1 Å². The number of pyridine rings is 1. The van der Waals surface area contributed by atoms with Crippen LogP contribution in [0.2, 0.25) is 0 Å². The van der Waals surface area contributed by atoms with Crippen molar-refractivity contribution in [2.75, 3.05) is 35.0 Å². The Hall–Kier alpha value is -3.93. The standard InChI is InChI=1S/C25H26N4O7/c1-6-34-25(35-36-25)24-18(12-29-14-26-13-27-29)28-17-11-22(33-5)21(32-4)10-16(17)23(24)15-7-8-19(30-2)20(9-15)31-3/h7-11,13-14H,6,12H2,1-5H3. The van der Waals surface area contributed by atoms with Crippen molar-refractivity contribution in [3.63, 3.8) is 0 Å². The Morgan fingerprint density at radius 3 is 2.19 bits per heavy atom. The molecule has 0 bridgehead atoms. The van der Waals surface area contributed by atoms with Crippen molar-refractivity contribution in [1.82, 2.24) is 19.7 Å². The molecule has 0 N–H and O–H groups in total. The van der Waals surface area contributed by atoms with Gasteiger partial charge in [-0.05, 0) is 30.7 Å². The predicted molar refractivity (Wildman–Crippen MR) is 128 cm³/mol. The van der Waals surface area contributed by atoms with Crippen molar-refractivity contribution >= 4 is 10.9 Å². The maximum atomic E-state index is 5.96. The first kappa shape index (κ1) is 23.8. The largest absolute Gasteiger partial charge is 0.493 e. The van der Waals surface area contributed by atoms with E-state index in [9.17, 15) is 0 Å². The first-order chi connectivity index (χ1) is 17.6. The summed E-state index contributed by atoms with van der Waals surface area (Å²) in [5, 5.41) is 5.03. The second-order valence-electron chi connectivity index (χ2n) is 7.85. The van der Waals surface area contributed by atoms with E-state index in [-0.39, 0.29) is 0 Å². The van der Waals surface area contributed by atoms with Crippen LogP contribution in [0.4, 0.5) is 0 Å². The maximum absolute atomic E-state index is 5.96. The summed E-state index contributed by atoms with van der Waals surface area (Å²) in [5.74, 6) is 0.830. The molecule has 3 heterocycles. The number of hydrogen-bond donors (Lipinski definition) is 0. The Balaban J connectivity index is 1.88. The molecule has 1 fully saturated rings. The van der Waals surface area contributed by atoms with Crippen molar-refractivity contribution < 1.29 is 33.5 Å². The second kappa shape index (κ2) is 9.61. The third kappa shape index (κ3) is 4.06. The van der Waals surface area contributed by atoms with E-state index in [0.29, 0.717) is 52.9 Å². The van der Waals surface area contributed by atoms with Gasteiger partial charge in [-0.3, -0.25) is 4.98 Å². The van der Waals surface area contributed by atoms with Gasteiger partial charge in [0.25, 0.3) is 0 Å². The molecule has 5 rings (SSSR count). The third-order valence-corrected chi connectivity index (χ3v) is 5.89.